The van der Waals surface area contributed by atoms with Gasteiger partial charge in [0.2, 0.25) is 5.91 Å². The number of carbonyl (C=O) groups is 2. The topological polar surface area (TPSA) is 81.2 Å². The minimum absolute atomic E-state index is 0.326. The number of aromatic nitrogens is 2. The van der Waals surface area contributed by atoms with Gasteiger partial charge < -0.3 is 10.1 Å². The summed E-state index contributed by atoms with van der Waals surface area (Å²) in [5, 5.41) is 2.80. The van der Waals surface area contributed by atoms with Gasteiger partial charge in [0.1, 0.15) is 5.54 Å². The molecule has 1 heterocycles. The summed E-state index contributed by atoms with van der Waals surface area (Å²) >= 11 is 0. The number of nitrogens with zero attached hydrogens (tertiary/aromatic N) is 2. The molecule has 0 spiro atoms. The summed E-state index contributed by atoms with van der Waals surface area (Å²) in [4.78, 5) is 32.0. The first-order valence-electron chi connectivity index (χ1n) is 7.01. The van der Waals surface area contributed by atoms with Gasteiger partial charge in [0.05, 0.1) is 19.0 Å². The molecule has 1 saturated carbocycles. The average molecular weight is 289 g/mol. The molecular weight excluding hydrogens is 270 g/mol. The summed E-state index contributed by atoms with van der Waals surface area (Å²) < 4.78 is 4.86. The summed E-state index contributed by atoms with van der Waals surface area (Å²) in [6, 6.07) is 0. The van der Waals surface area contributed by atoms with Gasteiger partial charge in [0.15, 0.2) is 0 Å². The predicted octanol–water partition coefficient (Wildman–Crippen LogP) is 1.48. The SMILES string of the molecule is COC(=O)C1(NC(=O)C=Cc2cnccn2)CCCCC1. The Kier molecular flexibility index (Phi) is 5.03. The lowest BCUT2D eigenvalue weighted by molar-refractivity contribution is -0.152. The fourth-order valence-electron chi connectivity index (χ4n) is 2.57. The molecule has 1 N–H and O–H groups in total. The predicted molar refractivity (Wildman–Crippen MR) is 77.0 cm³/mol. The van der Waals surface area contributed by atoms with Crippen LogP contribution in [0, 0.1) is 0 Å². The molecular formula is C15H19N3O3. The van der Waals surface area contributed by atoms with Crippen molar-refractivity contribution in [3.8, 4) is 0 Å². The van der Waals surface area contributed by atoms with Crippen LogP contribution in [0.1, 0.15) is 37.8 Å². The first-order chi connectivity index (χ1) is 10.2. The van der Waals surface area contributed by atoms with Gasteiger partial charge in [-0.3, -0.25) is 14.8 Å². The standard InChI is InChI=1S/C15H19N3O3/c1-21-14(20)15(7-3-2-4-8-15)18-13(19)6-5-12-11-16-9-10-17-12/h5-6,9-11H,2-4,7-8H2,1H3,(H,18,19). The Morgan fingerprint density at radius 2 is 2.05 bits per heavy atom. The van der Waals surface area contributed by atoms with Crippen LogP contribution in [0.3, 0.4) is 0 Å². The third-order valence-corrected chi connectivity index (χ3v) is 3.63. The molecule has 1 aliphatic carbocycles. The number of carbonyl (C=O) groups excluding carboxylic acids is 2. The van der Waals surface area contributed by atoms with E-state index < -0.39 is 5.54 Å². The van der Waals surface area contributed by atoms with Crippen LogP contribution in [0.25, 0.3) is 6.08 Å². The molecule has 2 rings (SSSR count). The van der Waals surface area contributed by atoms with Crippen molar-refractivity contribution in [1.29, 1.82) is 0 Å². The molecule has 6 heteroatoms. The second-order valence-electron chi connectivity index (χ2n) is 5.09. The van der Waals surface area contributed by atoms with Gasteiger partial charge in [-0.15, -0.1) is 0 Å². The van der Waals surface area contributed by atoms with E-state index in [4.69, 9.17) is 4.74 Å². The zero-order valence-corrected chi connectivity index (χ0v) is 12.0. The average Bonchev–Trinajstić information content (AvgIpc) is 2.54. The highest BCUT2D eigenvalue weighted by Crippen LogP contribution is 2.29. The Labute approximate surface area is 123 Å². The van der Waals surface area contributed by atoms with E-state index >= 15 is 0 Å². The van der Waals surface area contributed by atoms with Gasteiger partial charge >= 0.3 is 5.97 Å². The zero-order chi connectivity index (χ0) is 15.1. The van der Waals surface area contributed by atoms with Gasteiger partial charge in [-0.25, -0.2) is 4.79 Å². The molecule has 0 unspecified atom stereocenters. The minimum Gasteiger partial charge on any atom is -0.467 e. The summed E-state index contributed by atoms with van der Waals surface area (Å²) in [6.45, 7) is 0. The summed E-state index contributed by atoms with van der Waals surface area (Å²) in [5.74, 6) is -0.698. The van der Waals surface area contributed by atoms with E-state index in [0.29, 0.717) is 18.5 Å². The maximum Gasteiger partial charge on any atom is 0.331 e. The fourth-order valence-corrected chi connectivity index (χ4v) is 2.57. The first-order valence-corrected chi connectivity index (χ1v) is 7.01. The minimum atomic E-state index is -0.892. The first kappa shape index (κ1) is 15.2. The van der Waals surface area contributed by atoms with E-state index in [2.05, 4.69) is 15.3 Å². The molecule has 21 heavy (non-hydrogen) atoms. The molecule has 0 bridgehead atoms. The van der Waals surface area contributed by atoms with Gasteiger partial charge in [0, 0.05) is 18.5 Å². The maximum atomic E-state index is 12.1. The van der Waals surface area contributed by atoms with Crippen molar-refractivity contribution in [3.63, 3.8) is 0 Å². The Bertz CT molecular complexity index is 522. The molecule has 0 aromatic carbocycles. The van der Waals surface area contributed by atoms with Crippen molar-refractivity contribution < 1.29 is 14.3 Å². The van der Waals surface area contributed by atoms with Crippen molar-refractivity contribution in [2.75, 3.05) is 7.11 Å². The van der Waals surface area contributed by atoms with Crippen molar-refractivity contribution in [3.05, 3.63) is 30.4 Å². The molecule has 1 fully saturated rings. The summed E-state index contributed by atoms with van der Waals surface area (Å²) in [7, 11) is 1.35. The van der Waals surface area contributed by atoms with Gasteiger partial charge in [0.25, 0.3) is 0 Å². The van der Waals surface area contributed by atoms with Gasteiger partial charge in [-0.05, 0) is 18.9 Å². The number of hydrogen-bond donors (Lipinski definition) is 1. The molecule has 0 atom stereocenters. The molecule has 0 radical (unpaired) electrons. The zero-order valence-electron chi connectivity index (χ0n) is 12.0. The van der Waals surface area contributed by atoms with Gasteiger partial charge in [-0.2, -0.15) is 0 Å². The van der Waals surface area contributed by atoms with E-state index in [1.807, 2.05) is 0 Å². The summed E-state index contributed by atoms with van der Waals surface area (Å²) in [5.41, 5.74) is -0.306. The molecule has 1 aromatic rings. The monoisotopic (exact) mass is 289 g/mol. The largest absolute Gasteiger partial charge is 0.467 e. The number of rotatable bonds is 4. The molecule has 1 amide bonds. The lowest BCUT2D eigenvalue weighted by atomic mass is 9.81. The highest BCUT2D eigenvalue weighted by Gasteiger charge is 2.41. The highest BCUT2D eigenvalue weighted by molar-refractivity contribution is 5.96. The van der Waals surface area contributed by atoms with Crippen molar-refractivity contribution in [2.45, 2.75) is 37.6 Å². The number of amides is 1. The van der Waals surface area contributed by atoms with Gasteiger partial charge in [-0.1, -0.05) is 19.3 Å². The summed E-state index contributed by atoms with van der Waals surface area (Å²) in [6.07, 6.45) is 11.7. The Balaban J connectivity index is 2.05. The maximum absolute atomic E-state index is 12.1. The number of esters is 1. The van der Waals surface area contributed by atoms with Crippen LogP contribution >= 0.6 is 0 Å². The lowest BCUT2D eigenvalue weighted by Gasteiger charge is -2.34. The fraction of sp³-hybridized carbons (Fsp3) is 0.467. The van der Waals surface area contributed by atoms with E-state index in [1.54, 1.807) is 24.7 Å². The van der Waals surface area contributed by atoms with Crippen LogP contribution in [0.4, 0.5) is 0 Å². The smallest absolute Gasteiger partial charge is 0.331 e. The van der Waals surface area contributed by atoms with Crippen molar-refractivity contribution >= 4 is 18.0 Å². The van der Waals surface area contributed by atoms with Crippen molar-refractivity contribution in [2.24, 2.45) is 0 Å². The number of hydrogen-bond acceptors (Lipinski definition) is 5. The molecule has 0 saturated heterocycles. The molecule has 1 aromatic heterocycles. The molecule has 0 aliphatic heterocycles. The van der Waals surface area contributed by atoms with E-state index in [9.17, 15) is 9.59 Å². The van der Waals surface area contributed by atoms with E-state index in [1.165, 1.54) is 13.2 Å². The second-order valence-corrected chi connectivity index (χ2v) is 5.09. The van der Waals surface area contributed by atoms with Crippen LogP contribution in [0.2, 0.25) is 0 Å². The molecule has 1 aliphatic rings. The van der Waals surface area contributed by atoms with E-state index in [-0.39, 0.29) is 11.9 Å². The van der Waals surface area contributed by atoms with E-state index in [0.717, 1.165) is 19.3 Å². The van der Waals surface area contributed by atoms with Crippen LogP contribution < -0.4 is 5.32 Å². The molecule has 6 nitrogen and oxygen atoms in total. The Morgan fingerprint density at radius 1 is 1.29 bits per heavy atom. The quantitative estimate of drug-likeness (QED) is 0.670. The van der Waals surface area contributed by atoms with Crippen LogP contribution in [-0.2, 0) is 14.3 Å². The number of ether oxygens (including phenoxy) is 1. The third kappa shape index (κ3) is 3.87. The molecule has 112 valence electrons. The second kappa shape index (κ2) is 6.97. The number of methoxy groups -OCH3 is 1. The Hall–Kier alpha value is -2.24. The normalized spacial score (nSPS) is 17.4. The van der Waals surface area contributed by atoms with Crippen LogP contribution in [0.15, 0.2) is 24.7 Å². The lowest BCUT2D eigenvalue weighted by Crippen LogP contribution is -2.55. The third-order valence-electron chi connectivity index (χ3n) is 3.63. The number of nitrogens with one attached hydrogen (secondary N) is 1. The van der Waals surface area contributed by atoms with Crippen molar-refractivity contribution in [1.82, 2.24) is 15.3 Å². The van der Waals surface area contributed by atoms with Crippen LogP contribution in [0.5, 0.6) is 0 Å². The highest BCUT2D eigenvalue weighted by atomic mass is 16.5. The van der Waals surface area contributed by atoms with Crippen LogP contribution in [-0.4, -0.2) is 34.5 Å². The Morgan fingerprint density at radius 3 is 2.67 bits per heavy atom.